The summed E-state index contributed by atoms with van der Waals surface area (Å²) in [6.45, 7) is -0.892. The molecule has 11 heavy (non-hydrogen) atoms. The second kappa shape index (κ2) is 3.77. The van der Waals surface area contributed by atoms with Gasteiger partial charge in [0, 0.05) is 6.54 Å². The van der Waals surface area contributed by atoms with Crippen LogP contribution in [0, 0.1) is 0 Å². The Morgan fingerprint density at radius 2 is 1.91 bits per heavy atom. The molecule has 0 bridgehead atoms. The number of carbonyl (C=O) groups excluding carboxylic acids is 1. The summed E-state index contributed by atoms with van der Waals surface area (Å²) in [5, 5.41) is -1.58. The van der Waals surface area contributed by atoms with E-state index in [1.807, 2.05) is 0 Å². The molecule has 0 aromatic rings. The van der Waals surface area contributed by atoms with E-state index in [0.29, 0.717) is 0 Å². The number of hydrogen-bond donors (Lipinski definition) is 3. The molecule has 0 spiro atoms. The van der Waals surface area contributed by atoms with Crippen LogP contribution in [0.5, 0.6) is 0 Å². The van der Waals surface area contributed by atoms with Crippen molar-refractivity contribution in [3.05, 3.63) is 0 Å². The smallest absolute Gasteiger partial charge is 0.276 e. The number of hydrogen-bond acceptors (Lipinski definition) is 5. The Morgan fingerprint density at radius 1 is 1.45 bits per heavy atom. The van der Waals surface area contributed by atoms with Gasteiger partial charge in [0.2, 0.25) is 0 Å². The molecule has 7 heteroatoms. The molecule has 0 aliphatic rings. The van der Waals surface area contributed by atoms with Crippen LogP contribution in [-0.2, 0) is 14.9 Å². The second-order valence-electron chi connectivity index (χ2n) is 1.91. The maximum Gasteiger partial charge on any atom is 0.276 e. The van der Waals surface area contributed by atoms with E-state index in [4.69, 9.17) is 16.0 Å². The largest absolute Gasteiger partial charge is 0.329 e. The Balaban J connectivity index is 4.56. The van der Waals surface area contributed by atoms with Gasteiger partial charge in [0.05, 0.1) is 6.54 Å². The van der Waals surface area contributed by atoms with Crippen LogP contribution >= 0.6 is 0 Å². The molecule has 0 saturated carbocycles. The zero-order chi connectivity index (χ0) is 9.07. The van der Waals surface area contributed by atoms with E-state index in [1.165, 1.54) is 0 Å². The van der Waals surface area contributed by atoms with E-state index in [2.05, 4.69) is 0 Å². The molecule has 6 nitrogen and oxygen atoms in total. The summed E-state index contributed by atoms with van der Waals surface area (Å²) in [7, 11) is -4.38. The lowest BCUT2D eigenvalue weighted by Gasteiger charge is -2.07. The van der Waals surface area contributed by atoms with Gasteiger partial charge in [0.1, 0.15) is 0 Å². The molecule has 0 aliphatic heterocycles. The maximum absolute atomic E-state index is 10.6. The second-order valence-corrected chi connectivity index (χ2v) is 3.51. The first-order chi connectivity index (χ1) is 4.93. The highest BCUT2D eigenvalue weighted by Crippen LogP contribution is 1.96. The molecule has 0 rings (SSSR count). The summed E-state index contributed by atoms with van der Waals surface area (Å²) >= 11 is 0. The maximum atomic E-state index is 10.6. The minimum absolute atomic E-state index is 0.443. The quantitative estimate of drug-likeness (QED) is 0.421. The summed E-state index contributed by atoms with van der Waals surface area (Å²) in [5.41, 5.74) is 9.78. The molecule has 0 heterocycles. The first kappa shape index (κ1) is 10.5. The lowest BCUT2D eigenvalue weighted by atomic mass is 10.3. The molecular weight excluding hydrogens is 172 g/mol. The first-order valence-electron chi connectivity index (χ1n) is 2.82. The highest BCUT2D eigenvalue weighted by Gasteiger charge is 2.27. The lowest BCUT2D eigenvalue weighted by Crippen LogP contribution is -2.40. The third-order valence-corrected chi connectivity index (χ3v) is 2.31. The first-order valence-corrected chi connectivity index (χ1v) is 4.33. The van der Waals surface area contributed by atoms with Gasteiger partial charge in [-0.2, -0.15) is 8.42 Å². The summed E-state index contributed by atoms with van der Waals surface area (Å²) in [6, 6.07) is 0. The third-order valence-electron chi connectivity index (χ3n) is 1.13. The van der Waals surface area contributed by atoms with Crippen molar-refractivity contribution in [2.45, 2.75) is 5.25 Å². The molecule has 0 saturated heterocycles. The molecule has 66 valence electrons. The molecule has 1 unspecified atom stereocenters. The summed E-state index contributed by atoms with van der Waals surface area (Å²) in [4.78, 5) is 10.6. The number of nitrogens with two attached hydrogens (primary N) is 2. The predicted molar refractivity (Wildman–Crippen MR) is 38.5 cm³/mol. The standard InChI is InChI=1S/C4H10N2O4S/c5-1-3(7)4(2-6)11(8,9)10/h4H,1-2,5-6H2,(H,8,9,10). The Morgan fingerprint density at radius 3 is 2.00 bits per heavy atom. The van der Waals surface area contributed by atoms with E-state index in [0.717, 1.165) is 0 Å². The van der Waals surface area contributed by atoms with Crippen molar-refractivity contribution in [3.8, 4) is 0 Å². The van der Waals surface area contributed by atoms with Crippen molar-refractivity contribution < 1.29 is 17.8 Å². The van der Waals surface area contributed by atoms with Crippen molar-refractivity contribution in [1.29, 1.82) is 0 Å². The molecule has 0 radical (unpaired) electrons. The molecule has 0 fully saturated rings. The van der Waals surface area contributed by atoms with E-state index in [-0.39, 0.29) is 0 Å². The number of carbonyl (C=O) groups is 1. The van der Waals surface area contributed by atoms with Crippen LogP contribution in [0.2, 0.25) is 0 Å². The number of Topliss-reactive ketones (excluding diaryl/α,β-unsaturated/α-hetero) is 1. The molecule has 0 aromatic carbocycles. The van der Waals surface area contributed by atoms with E-state index >= 15 is 0 Å². The minimum atomic E-state index is -4.38. The van der Waals surface area contributed by atoms with Gasteiger partial charge >= 0.3 is 0 Å². The molecule has 1 atom stereocenters. The molecule has 0 aromatic heterocycles. The fraction of sp³-hybridized carbons (Fsp3) is 0.750. The minimum Gasteiger partial charge on any atom is -0.329 e. The van der Waals surface area contributed by atoms with Crippen LogP contribution < -0.4 is 11.5 Å². The van der Waals surface area contributed by atoms with Gasteiger partial charge < -0.3 is 11.5 Å². The zero-order valence-electron chi connectivity index (χ0n) is 5.73. The van der Waals surface area contributed by atoms with Gasteiger partial charge in [-0.3, -0.25) is 9.35 Å². The van der Waals surface area contributed by atoms with Crippen LogP contribution in [0.4, 0.5) is 0 Å². The molecular formula is C4H10N2O4S. The van der Waals surface area contributed by atoms with Gasteiger partial charge in [-0.05, 0) is 0 Å². The van der Waals surface area contributed by atoms with Crippen molar-refractivity contribution in [1.82, 2.24) is 0 Å². The number of ketones is 1. The normalized spacial score (nSPS) is 14.5. The molecule has 0 aliphatic carbocycles. The van der Waals surface area contributed by atoms with Crippen molar-refractivity contribution >= 4 is 15.9 Å². The van der Waals surface area contributed by atoms with Crippen molar-refractivity contribution in [3.63, 3.8) is 0 Å². The topological polar surface area (TPSA) is 123 Å². The highest BCUT2D eigenvalue weighted by atomic mass is 32.2. The Labute approximate surface area is 64.3 Å². The summed E-state index contributed by atoms with van der Waals surface area (Å²) in [6.07, 6.45) is 0. The van der Waals surface area contributed by atoms with E-state index in [9.17, 15) is 13.2 Å². The van der Waals surface area contributed by atoms with Crippen LogP contribution in [-0.4, -0.2) is 37.1 Å². The third kappa shape index (κ3) is 2.93. The average molecular weight is 182 g/mol. The van der Waals surface area contributed by atoms with Gasteiger partial charge in [-0.15, -0.1) is 0 Å². The van der Waals surface area contributed by atoms with E-state index in [1.54, 1.807) is 0 Å². The predicted octanol–water partition coefficient (Wildman–Crippen LogP) is -2.27. The summed E-state index contributed by atoms with van der Waals surface area (Å²) < 4.78 is 29.1. The Bertz CT molecular complexity index is 234. The SMILES string of the molecule is NCC(=O)C(CN)S(=O)(=O)O. The van der Waals surface area contributed by atoms with Gasteiger partial charge in [0.25, 0.3) is 10.1 Å². The van der Waals surface area contributed by atoms with Crippen LogP contribution in [0.25, 0.3) is 0 Å². The Kier molecular flexibility index (Phi) is 3.59. The monoisotopic (exact) mass is 182 g/mol. The average Bonchev–Trinajstić information content (AvgIpc) is 1.86. The fourth-order valence-electron chi connectivity index (χ4n) is 0.551. The number of rotatable bonds is 4. The lowest BCUT2D eigenvalue weighted by molar-refractivity contribution is -0.117. The highest BCUT2D eigenvalue weighted by molar-refractivity contribution is 7.87. The van der Waals surface area contributed by atoms with Crippen molar-refractivity contribution in [2.75, 3.05) is 13.1 Å². The molecule has 0 amide bonds. The van der Waals surface area contributed by atoms with Crippen LogP contribution in [0.1, 0.15) is 0 Å². The van der Waals surface area contributed by atoms with Gasteiger partial charge in [-0.25, -0.2) is 0 Å². The van der Waals surface area contributed by atoms with Gasteiger partial charge in [-0.1, -0.05) is 0 Å². The van der Waals surface area contributed by atoms with Crippen LogP contribution in [0.3, 0.4) is 0 Å². The Hall–Kier alpha value is -0.500. The molecule has 5 N–H and O–H groups in total. The van der Waals surface area contributed by atoms with Gasteiger partial charge in [0.15, 0.2) is 11.0 Å². The fourth-order valence-corrected chi connectivity index (χ4v) is 1.22. The van der Waals surface area contributed by atoms with Crippen LogP contribution in [0.15, 0.2) is 0 Å². The van der Waals surface area contributed by atoms with E-state index < -0.39 is 34.2 Å². The summed E-state index contributed by atoms with van der Waals surface area (Å²) in [5.74, 6) is -0.782. The zero-order valence-corrected chi connectivity index (χ0v) is 6.54. The van der Waals surface area contributed by atoms with Crippen molar-refractivity contribution in [2.24, 2.45) is 11.5 Å².